The topological polar surface area (TPSA) is 88.1 Å². The standard InChI is InChI=1S/C19H23N3O4S/c1-14-8-9-17(10-15(14)2)22(27(4,24)25)13-19(23)21-20-12-16-6-5-7-18(11-16)26-3/h5-12H,13H2,1-4H3,(H,21,23)/b20-12-. The van der Waals surface area contributed by atoms with Crippen molar-refractivity contribution in [1.29, 1.82) is 0 Å². The van der Waals surface area contributed by atoms with Gasteiger partial charge in [-0.2, -0.15) is 5.10 Å². The van der Waals surface area contributed by atoms with Crippen LogP contribution in [0.15, 0.2) is 47.6 Å². The van der Waals surface area contributed by atoms with E-state index in [-0.39, 0.29) is 6.54 Å². The first-order chi connectivity index (χ1) is 12.7. The minimum atomic E-state index is -3.62. The maximum Gasteiger partial charge on any atom is 0.260 e. The number of amides is 1. The fourth-order valence-corrected chi connectivity index (χ4v) is 3.20. The normalized spacial score (nSPS) is 11.4. The predicted molar refractivity (Wildman–Crippen MR) is 107 cm³/mol. The molecule has 0 unspecified atom stereocenters. The summed E-state index contributed by atoms with van der Waals surface area (Å²) in [5.74, 6) is 0.126. The third-order valence-corrected chi connectivity index (χ3v) is 5.10. The fourth-order valence-electron chi connectivity index (χ4n) is 2.35. The summed E-state index contributed by atoms with van der Waals surface area (Å²) in [7, 11) is -2.06. The molecule has 0 aliphatic heterocycles. The third-order valence-electron chi connectivity index (χ3n) is 3.96. The summed E-state index contributed by atoms with van der Waals surface area (Å²) >= 11 is 0. The number of carbonyl (C=O) groups is 1. The molecule has 8 heteroatoms. The highest BCUT2D eigenvalue weighted by molar-refractivity contribution is 7.92. The Balaban J connectivity index is 2.10. The van der Waals surface area contributed by atoms with E-state index in [9.17, 15) is 13.2 Å². The molecule has 0 saturated heterocycles. The van der Waals surface area contributed by atoms with Gasteiger partial charge >= 0.3 is 0 Å². The van der Waals surface area contributed by atoms with Gasteiger partial charge in [0.05, 0.1) is 25.3 Å². The second kappa shape index (κ2) is 8.68. The van der Waals surface area contributed by atoms with Gasteiger partial charge in [0.15, 0.2) is 0 Å². The van der Waals surface area contributed by atoms with Gasteiger partial charge in [0.25, 0.3) is 5.91 Å². The lowest BCUT2D eigenvalue weighted by Crippen LogP contribution is -2.39. The van der Waals surface area contributed by atoms with Crippen molar-refractivity contribution < 1.29 is 17.9 Å². The molecule has 0 bridgehead atoms. The number of anilines is 1. The maximum atomic E-state index is 12.2. The predicted octanol–water partition coefficient (Wildman–Crippen LogP) is 2.23. The second-order valence-electron chi connectivity index (χ2n) is 6.11. The zero-order valence-corrected chi connectivity index (χ0v) is 16.6. The van der Waals surface area contributed by atoms with Crippen LogP contribution >= 0.6 is 0 Å². The van der Waals surface area contributed by atoms with Gasteiger partial charge < -0.3 is 4.74 Å². The third kappa shape index (κ3) is 5.82. The van der Waals surface area contributed by atoms with Gasteiger partial charge in [-0.1, -0.05) is 18.2 Å². The number of ether oxygens (including phenoxy) is 1. The molecule has 0 aliphatic carbocycles. The number of methoxy groups -OCH3 is 1. The Bertz CT molecular complexity index is 955. The lowest BCUT2D eigenvalue weighted by molar-refractivity contribution is -0.119. The molecule has 144 valence electrons. The van der Waals surface area contributed by atoms with Crippen molar-refractivity contribution in [3.8, 4) is 5.75 Å². The molecule has 0 atom stereocenters. The molecule has 0 radical (unpaired) electrons. The molecule has 1 N–H and O–H groups in total. The number of carbonyl (C=O) groups excluding carboxylic acids is 1. The molecular weight excluding hydrogens is 366 g/mol. The van der Waals surface area contributed by atoms with Crippen LogP contribution in [-0.4, -0.2) is 40.4 Å². The van der Waals surface area contributed by atoms with Crippen LogP contribution in [0.5, 0.6) is 5.75 Å². The second-order valence-corrected chi connectivity index (χ2v) is 8.01. The summed E-state index contributed by atoms with van der Waals surface area (Å²) in [5, 5.41) is 3.88. The van der Waals surface area contributed by atoms with Crippen molar-refractivity contribution in [1.82, 2.24) is 5.43 Å². The van der Waals surface area contributed by atoms with Crippen LogP contribution in [0.3, 0.4) is 0 Å². The number of hydrogen-bond donors (Lipinski definition) is 1. The summed E-state index contributed by atoms with van der Waals surface area (Å²) in [5.41, 5.74) is 5.51. The van der Waals surface area contributed by atoms with E-state index in [1.807, 2.05) is 19.9 Å². The summed E-state index contributed by atoms with van der Waals surface area (Å²) in [6.45, 7) is 3.46. The quantitative estimate of drug-likeness (QED) is 0.581. The molecular formula is C19H23N3O4S. The Morgan fingerprint density at radius 1 is 1.19 bits per heavy atom. The smallest absolute Gasteiger partial charge is 0.260 e. The van der Waals surface area contributed by atoms with Gasteiger partial charge in [-0.15, -0.1) is 0 Å². The van der Waals surface area contributed by atoms with Crippen LogP contribution in [0.1, 0.15) is 16.7 Å². The maximum absolute atomic E-state index is 12.2. The summed E-state index contributed by atoms with van der Waals surface area (Å²) in [6.07, 6.45) is 2.52. The van der Waals surface area contributed by atoms with Crippen molar-refractivity contribution >= 4 is 27.8 Å². The first kappa shape index (κ1) is 20.4. The lowest BCUT2D eigenvalue weighted by atomic mass is 10.1. The van der Waals surface area contributed by atoms with Crippen LogP contribution in [0.4, 0.5) is 5.69 Å². The Labute approximate surface area is 159 Å². The number of hydrogen-bond acceptors (Lipinski definition) is 5. The Morgan fingerprint density at radius 3 is 2.56 bits per heavy atom. The molecule has 7 nitrogen and oxygen atoms in total. The molecule has 0 fully saturated rings. The van der Waals surface area contributed by atoms with Crippen molar-refractivity contribution in [3.05, 3.63) is 59.2 Å². The number of rotatable bonds is 7. The zero-order chi connectivity index (χ0) is 20.0. The van der Waals surface area contributed by atoms with Crippen LogP contribution in [0, 0.1) is 13.8 Å². The molecule has 0 saturated carbocycles. The highest BCUT2D eigenvalue weighted by Crippen LogP contribution is 2.21. The average Bonchev–Trinajstić information content (AvgIpc) is 2.61. The zero-order valence-electron chi connectivity index (χ0n) is 15.8. The fraction of sp³-hybridized carbons (Fsp3) is 0.263. The summed E-state index contributed by atoms with van der Waals surface area (Å²) in [6, 6.07) is 12.4. The van der Waals surface area contributed by atoms with E-state index in [4.69, 9.17) is 4.74 Å². The molecule has 0 spiro atoms. The van der Waals surface area contributed by atoms with Gasteiger partial charge in [0, 0.05) is 0 Å². The lowest BCUT2D eigenvalue weighted by Gasteiger charge is -2.22. The minimum Gasteiger partial charge on any atom is -0.497 e. The number of nitrogens with one attached hydrogen (secondary N) is 1. The molecule has 0 heterocycles. The van der Waals surface area contributed by atoms with Crippen LogP contribution in [-0.2, 0) is 14.8 Å². The summed E-state index contributed by atoms with van der Waals surface area (Å²) < 4.78 is 30.4. The van der Waals surface area contributed by atoms with Crippen molar-refractivity contribution in [2.75, 3.05) is 24.2 Å². The first-order valence-electron chi connectivity index (χ1n) is 8.21. The number of benzene rings is 2. The number of sulfonamides is 1. The van der Waals surface area contributed by atoms with Gasteiger partial charge in [-0.3, -0.25) is 9.10 Å². The van der Waals surface area contributed by atoms with E-state index in [1.54, 1.807) is 43.5 Å². The van der Waals surface area contributed by atoms with Crippen LogP contribution < -0.4 is 14.5 Å². The Kier molecular flexibility index (Phi) is 6.57. The monoisotopic (exact) mass is 389 g/mol. The average molecular weight is 389 g/mol. The van der Waals surface area contributed by atoms with E-state index < -0.39 is 15.9 Å². The van der Waals surface area contributed by atoms with Crippen molar-refractivity contribution in [3.63, 3.8) is 0 Å². The largest absolute Gasteiger partial charge is 0.497 e. The SMILES string of the molecule is COc1cccc(/C=N\NC(=O)CN(c2ccc(C)c(C)c2)S(C)(=O)=O)c1. The summed E-state index contributed by atoms with van der Waals surface area (Å²) in [4.78, 5) is 12.2. The Morgan fingerprint density at radius 2 is 1.93 bits per heavy atom. The highest BCUT2D eigenvalue weighted by Gasteiger charge is 2.21. The van der Waals surface area contributed by atoms with Gasteiger partial charge in [0.1, 0.15) is 12.3 Å². The van der Waals surface area contributed by atoms with Crippen molar-refractivity contribution in [2.45, 2.75) is 13.8 Å². The number of nitrogens with zero attached hydrogens (tertiary/aromatic N) is 2. The molecule has 2 aromatic carbocycles. The number of aryl methyl sites for hydroxylation is 2. The van der Waals surface area contributed by atoms with Crippen LogP contribution in [0.25, 0.3) is 0 Å². The van der Waals surface area contributed by atoms with Gasteiger partial charge in [0.2, 0.25) is 10.0 Å². The van der Waals surface area contributed by atoms with Gasteiger partial charge in [-0.05, 0) is 54.8 Å². The minimum absolute atomic E-state index is 0.364. The van der Waals surface area contributed by atoms with E-state index in [0.717, 1.165) is 27.3 Å². The Hall–Kier alpha value is -2.87. The van der Waals surface area contributed by atoms with E-state index in [0.29, 0.717) is 11.4 Å². The van der Waals surface area contributed by atoms with Crippen LogP contribution in [0.2, 0.25) is 0 Å². The molecule has 27 heavy (non-hydrogen) atoms. The molecule has 2 aromatic rings. The molecule has 0 aliphatic rings. The van der Waals surface area contributed by atoms with E-state index in [2.05, 4.69) is 10.5 Å². The molecule has 0 aromatic heterocycles. The number of hydrazone groups is 1. The van der Waals surface area contributed by atoms with Crippen molar-refractivity contribution in [2.24, 2.45) is 5.10 Å². The van der Waals surface area contributed by atoms with E-state index >= 15 is 0 Å². The highest BCUT2D eigenvalue weighted by atomic mass is 32.2. The first-order valence-corrected chi connectivity index (χ1v) is 10.1. The van der Waals surface area contributed by atoms with E-state index in [1.165, 1.54) is 6.21 Å². The molecule has 2 rings (SSSR count). The molecule has 1 amide bonds. The van der Waals surface area contributed by atoms with Gasteiger partial charge in [-0.25, -0.2) is 13.8 Å².